The summed E-state index contributed by atoms with van der Waals surface area (Å²) in [6.07, 6.45) is 0.297. The monoisotopic (exact) mass is 308 g/mol. The third-order valence-electron chi connectivity index (χ3n) is 2.05. The Morgan fingerprint density at radius 1 is 1.43 bits per heavy atom. The molecule has 3 nitrogen and oxygen atoms in total. The molecular formula is C10H17IN2O. The van der Waals surface area contributed by atoms with Crippen LogP contribution >= 0.6 is 22.6 Å². The molecule has 80 valence electrons. The first kappa shape index (κ1) is 12.0. The number of hydrogen-bond donors (Lipinski definition) is 0. The Labute approximate surface area is 99.0 Å². The summed E-state index contributed by atoms with van der Waals surface area (Å²) in [6.45, 7) is 9.80. The van der Waals surface area contributed by atoms with E-state index in [1.54, 1.807) is 0 Å². The molecule has 0 spiro atoms. The zero-order chi connectivity index (χ0) is 10.7. The second-order valence-electron chi connectivity index (χ2n) is 3.63. The smallest absolute Gasteiger partial charge is 0.0730 e. The molecule has 0 saturated heterocycles. The fraction of sp³-hybridized carbons (Fsp3) is 0.700. The number of rotatable bonds is 4. The molecule has 14 heavy (non-hydrogen) atoms. The first-order valence-electron chi connectivity index (χ1n) is 4.83. The number of halogens is 1. The molecule has 0 fully saturated rings. The van der Waals surface area contributed by atoms with Crippen molar-refractivity contribution in [3.63, 3.8) is 0 Å². The molecule has 1 aromatic heterocycles. The fourth-order valence-corrected chi connectivity index (χ4v) is 1.65. The summed E-state index contributed by atoms with van der Waals surface area (Å²) >= 11 is 2.33. The molecule has 0 N–H and O–H groups in total. The molecule has 0 bridgehead atoms. The van der Waals surface area contributed by atoms with Crippen LogP contribution in [0.2, 0.25) is 0 Å². The van der Waals surface area contributed by atoms with Crippen LogP contribution in [-0.4, -0.2) is 22.5 Å². The molecule has 0 unspecified atom stereocenters. The first-order chi connectivity index (χ1) is 6.52. The molecule has 0 amide bonds. The first-order valence-corrected chi connectivity index (χ1v) is 5.91. The molecule has 0 aliphatic rings. The van der Waals surface area contributed by atoms with Crippen molar-refractivity contribution in [1.82, 2.24) is 9.78 Å². The van der Waals surface area contributed by atoms with Crippen LogP contribution in [0.5, 0.6) is 0 Å². The second kappa shape index (κ2) is 5.11. The number of nitrogens with zero attached hydrogens (tertiary/aromatic N) is 2. The van der Waals surface area contributed by atoms with Gasteiger partial charge in [0.15, 0.2) is 0 Å². The lowest BCUT2D eigenvalue weighted by atomic mass is 10.4. The molecule has 1 heterocycles. The van der Waals surface area contributed by atoms with E-state index in [1.165, 1.54) is 9.26 Å². The second-order valence-corrected chi connectivity index (χ2v) is 4.71. The average Bonchev–Trinajstić information content (AvgIpc) is 2.33. The summed E-state index contributed by atoms with van der Waals surface area (Å²) in [4.78, 5) is 0. The Morgan fingerprint density at radius 2 is 2.07 bits per heavy atom. The molecule has 0 radical (unpaired) electrons. The Kier molecular flexibility index (Phi) is 4.37. The largest absolute Gasteiger partial charge is 0.377 e. The Morgan fingerprint density at radius 3 is 2.50 bits per heavy atom. The SMILES string of the molecule is Cc1nn(CCOC(C)C)c(C)c1I. The molecular weight excluding hydrogens is 291 g/mol. The van der Waals surface area contributed by atoms with Gasteiger partial charge < -0.3 is 4.74 Å². The number of aromatic nitrogens is 2. The molecule has 0 aromatic carbocycles. The fourth-order valence-electron chi connectivity index (χ4n) is 1.27. The van der Waals surface area contributed by atoms with E-state index >= 15 is 0 Å². The maximum absolute atomic E-state index is 5.49. The van der Waals surface area contributed by atoms with E-state index in [9.17, 15) is 0 Å². The van der Waals surface area contributed by atoms with Gasteiger partial charge in [0.25, 0.3) is 0 Å². The van der Waals surface area contributed by atoms with Crippen LogP contribution in [0.15, 0.2) is 0 Å². The maximum Gasteiger partial charge on any atom is 0.0730 e. The summed E-state index contributed by atoms with van der Waals surface area (Å²) in [6, 6.07) is 0. The summed E-state index contributed by atoms with van der Waals surface area (Å²) in [5, 5.41) is 4.44. The highest BCUT2D eigenvalue weighted by molar-refractivity contribution is 14.1. The Hall–Kier alpha value is -0.100. The van der Waals surface area contributed by atoms with Gasteiger partial charge in [-0.1, -0.05) is 0 Å². The van der Waals surface area contributed by atoms with Crippen LogP contribution in [-0.2, 0) is 11.3 Å². The molecule has 0 saturated carbocycles. The van der Waals surface area contributed by atoms with Gasteiger partial charge in [-0.15, -0.1) is 0 Å². The van der Waals surface area contributed by atoms with Crippen LogP contribution in [0.25, 0.3) is 0 Å². The van der Waals surface area contributed by atoms with Crippen molar-refractivity contribution in [3.05, 3.63) is 15.0 Å². The van der Waals surface area contributed by atoms with Gasteiger partial charge in [-0.3, -0.25) is 4.68 Å². The van der Waals surface area contributed by atoms with Gasteiger partial charge in [-0.2, -0.15) is 5.10 Å². The highest BCUT2D eigenvalue weighted by Gasteiger charge is 2.07. The van der Waals surface area contributed by atoms with Gasteiger partial charge >= 0.3 is 0 Å². The quantitative estimate of drug-likeness (QED) is 0.799. The van der Waals surface area contributed by atoms with Crippen LogP contribution < -0.4 is 0 Å². The van der Waals surface area contributed by atoms with Crippen molar-refractivity contribution >= 4 is 22.6 Å². The number of hydrogen-bond acceptors (Lipinski definition) is 2. The van der Waals surface area contributed by atoms with E-state index in [4.69, 9.17) is 4.74 Å². The van der Waals surface area contributed by atoms with Crippen molar-refractivity contribution in [2.24, 2.45) is 0 Å². The van der Waals surface area contributed by atoms with Crippen molar-refractivity contribution in [2.45, 2.75) is 40.3 Å². The van der Waals surface area contributed by atoms with Crippen LogP contribution in [0.4, 0.5) is 0 Å². The van der Waals surface area contributed by atoms with Gasteiger partial charge in [0.1, 0.15) is 0 Å². The van der Waals surface area contributed by atoms with E-state index in [2.05, 4.69) is 34.6 Å². The average molecular weight is 308 g/mol. The van der Waals surface area contributed by atoms with E-state index < -0.39 is 0 Å². The predicted octanol–water partition coefficient (Wildman–Crippen LogP) is 2.53. The zero-order valence-corrected chi connectivity index (χ0v) is 11.3. The summed E-state index contributed by atoms with van der Waals surface area (Å²) < 4.78 is 8.76. The minimum Gasteiger partial charge on any atom is -0.377 e. The standard InChI is InChI=1S/C10H17IN2O/c1-7(2)14-6-5-13-9(4)10(11)8(3)12-13/h7H,5-6H2,1-4H3. The number of ether oxygens (including phenoxy) is 1. The third kappa shape index (κ3) is 2.95. The van der Waals surface area contributed by atoms with E-state index in [-0.39, 0.29) is 0 Å². The minimum atomic E-state index is 0.297. The zero-order valence-electron chi connectivity index (χ0n) is 9.17. The summed E-state index contributed by atoms with van der Waals surface area (Å²) in [7, 11) is 0. The summed E-state index contributed by atoms with van der Waals surface area (Å²) in [5.74, 6) is 0. The lowest BCUT2D eigenvalue weighted by Gasteiger charge is -2.08. The van der Waals surface area contributed by atoms with Gasteiger partial charge in [0.2, 0.25) is 0 Å². The normalized spacial score (nSPS) is 11.3. The van der Waals surface area contributed by atoms with Crippen molar-refractivity contribution in [3.8, 4) is 0 Å². The van der Waals surface area contributed by atoms with Gasteiger partial charge in [0.05, 0.1) is 28.5 Å². The lowest BCUT2D eigenvalue weighted by molar-refractivity contribution is 0.0706. The summed E-state index contributed by atoms with van der Waals surface area (Å²) in [5.41, 5.74) is 2.34. The Bertz CT molecular complexity index is 307. The van der Waals surface area contributed by atoms with Gasteiger partial charge in [-0.05, 0) is 50.3 Å². The molecule has 0 aliphatic heterocycles. The van der Waals surface area contributed by atoms with Crippen molar-refractivity contribution in [2.75, 3.05) is 6.61 Å². The lowest BCUT2D eigenvalue weighted by Crippen LogP contribution is -2.12. The minimum absolute atomic E-state index is 0.297. The predicted molar refractivity (Wildman–Crippen MR) is 65.5 cm³/mol. The van der Waals surface area contributed by atoms with Crippen LogP contribution in [0, 0.1) is 17.4 Å². The molecule has 4 heteroatoms. The highest BCUT2D eigenvalue weighted by Crippen LogP contribution is 2.14. The van der Waals surface area contributed by atoms with E-state index in [1.807, 2.05) is 25.5 Å². The number of aryl methyl sites for hydroxylation is 1. The highest BCUT2D eigenvalue weighted by atomic mass is 127. The third-order valence-corrected chi connectivity index (χ3v) is 3.61. The molecule has 1 aromatic rings. The molecule has 0 atom stereocenters. The van der Waals surface area contributed by atoms with Gasteiger partial charge in [-0.25, -0.2) is 0 Å². The van der Waals surface area contributed by atoms with E-state index in [0.717, 1.165) is 18.8 Å². The van der Waals surface area contributed by atoms with Crippen molar-refractivity contribution in [1.29, 1.82) is 0 Å². The molecule has 1 rings (SSSR count). The van der Waals surface area contributed by atoms with Crippen LogP contribution in [0.3, 0.4) is 0 Å². The van der Waals surface area contributed by atoms with Crippen LogP contribution in [0.1, 0.15) is 25.2 Å². The Balaban J connectivity index is 2.55. The van der Waals surface area contributed by atoms with E-state index in [0.29, 0.717) is 6.10 Å². The van der Waals surface area contributed by atoms with Crippen molar-refractivity contribution < 1.29 is 4.74 Å². The maximum atomic E-state index is 5.49. The van der Waals surface area contributed by atoms with Gasteiger partial charge in [0, 0.05) is 5.69 Å². The topological polar surface area (TPSA) is 27.1 Å². The molecule has 0 aliphatic carbocycles.